The van der Waals surface area contributed by atoms with Gasteiger partial charge < -0.3 is 4.42 Å². The number of rotatable bonds is 2. The Labute approximate surface area is 151 Å². The number of hydrogen-bond donors (Lipinski definition) is 0. The molecule has 26 heavy (non-hydrogen) atoms. The van der Waals surface area contributed by atoms with Crippen LogP contribution in [0, 0.1) is 6.92 Å². The number of furan rings is 1. The average Bonchev–Trinajstić information content (AvgIpc) is 3.07. The third-order valence-electron chi connectivity index (χ3n) is 4.80. The van der Waals surface area contributed by atoms with Gasteiger partial charge in [-0.25, -0.2) is 0 Å². The summed E-state index contributed by atoms with van der Waals surface area (Å²) in [6.07, 6.45) is 1.85. The number of fused-ring (bicyclic) bond motifs is 3. The van der Waals surface area contributed by atoms with Gasteiger partial charge in [-0.1, -0.05) is 60.7 Å². The molecule has 0 unspecified atom stereocenters. The van der Waals surface area contributed by atoms with Crippen molar-refractivity contribution in [1.82, 2.24) is 4.98 Å². The predicted octanol–water partition coefficient (Wildman–Crippen LogP) is 6.62. The first-order valence-corrected chi connectivity index (χ1v) is 8.74. The van der Waals surface area contributed by atoms with E-state index in [0.717, 1.165) is 44.3 Å². The molecule has 2 nitrogen and oxygen atoms in total. The van der Waals surface area contributed by atoms with Crippen LogP contribution in [0.5, 0.6) is 0 Å². The summed E-state index contributed by atoms with van der Waals surface area (Å²) in [4.78, 5) is 4.55. The van der Waals surface area contributed by atoms with Crippen molar-refractivity contribution < 1.29 is 4.42 Å². The molecule has 0 saturated heterocycles. The van der Waals surface area contributed by atoms with Gasteiger partial charge in [0.2, 0.25) is 0 Å². The van der Waals surface area contributed by atoms with E-state index in [1.807, 2.05) is 18.3 Å². The van der Waals surface area contributed by atoms with Gasteiger partial charge in [0.05, 0.1) is 5.69 Å². The Balaban J connectivity index is 1.84. The first-order chi connectivity index (χ1) is 12.8. The largest absolute Gasteiger partial charge is 0.455 e. The molecule has 0 radical (unpaired) electrons. The van der Waals surface area contributed by atoms with Crippen LogP contribution < -0.4 is 0 Å². The number of aromatic nitrogens is 1. The Morgan fingerprint density at radius 2 is 1.38 bits per heavy atom. The lowest BCUT2D eigenvalue weighted by molar-refractivity contribution is 0.671. The lowest BCUT2D eigenvalue weighted by Crippen LogP contribution is -1.84. The number of pyridine rings is 1. The molecule has 0 amide bonds. The van der Waals surface area contributed by atoms with Crippen LogP contribution in [0.2, 0.25) is 0 Å². The van der Waals surface area contributed by atoms with E-state index in [2.05, 4.69) is 78.6 Å². The normalized spacial score (nSPS) is 11.3. The molecule has 0 N–H and O–H groups in total. The van der Waals surface area contributed by atoms with Crippen LogP contribution in [-0.2, 0) is 0 Å². The number of aryl methyl sites for hydroxylation is 1. The highest BCUT2D eigenvalue weighted by molar-refractivity contribution is 6.12. The number of benzene rings is 3. The Kier molecular flexibility index (Phi) is 3.36. The van der Waals surface area contributed by atoms with E-state index in [1.165, 1.54) is 5.56 Å². The summed E-state index contributed by atoms with van der Waals surface area (Å²) >= 11 is 0. The summed E-state index contributed by atoms with van der Waals surface area (Å²) < 4.78 is 6.42. The van der Waals surface area contributed by atoms with E-state index in [4.69, 9.17) is 4.42 Å². The monoisotopic (exact) mass is 335 g/mol. The van der Waals surface area contributed by atoms with Crippen LogP contribution in [0.15, 0.2) is 89.5 Å². The van der Waals surface area contributed by atoms with Gasteiger partial charge in [-0.2, -0.15) is 0 Å². The number of para-hydroxylation sites is 2. The van der Waals surface area contributed by atoms with Gasteiger partial charge in [0, 0.05) is 28.1 Å². The van der Waals surface area contributed by atoms with E-state index >= 15 is 0 Å². The van der Waals surface area contributed by atoms with Crippen molar-refractivity contribution in [3.05, 3.63) is 90.6 Å². The molecule has 0 aliphatic heterocycles. The minimum absolute atomic E-state index is 0.893. The Hall–Kier alpha value is -3.39. The third kappa shape index (κ3) is 2.31. The molecule has 2 heterocycles. The summed E-state index contributed by atoms with van der Waals surface area (Å²) in [6, 6.07) is 27.1. The Morgan fingerprint density at radius 1 is 0.692 bits per heavy atom. The molecule has 0 aliphatic rings. The highest BCUT2D eigenvalue weighted by Gasteiger charge is 2.15. The average molecular weight is 335 g/mol. The van der Waals surface area contributed by atoms with E-state index in [1.54, 1.807) is 0 Å². The summed E-state index contributed by atoms with van der Waals surface area (Å²) in [5.41, 5.74) is 7.25. The van der Waals surface area contributed by atoms with Crippen molar-refractivity contribution in [3.63, 3.8) is 0 Å². The fraction of sp³-hybridized carbons (Fsp3) is 0.0417. The second-order valence-corrected chi connectivity index (χ2v) is 6.55. The second kappa shape index (κ2) is 5.85. The molecule has 5 rings (SSSR count). The van der Waals surface area contributed by atoms with Gasteiger partial charge in [0.1, 0.15) is 11.2 Å². The minimum atomic E-state index is 0.893. The molecule has 0 fully saturated rings. The molecule has 0 bridgehead atoms. The zero-order chi connectivity index (χ0) is 17.5. The highest BCUT2D eigenvalue weighted by Crippen LogP contribution is 2.39. The van der Waals surface area contributed by atoms with E-state index in [-0.39, 0.29) is 0 Å². The number of nitrogens with zero attached hydrogens (tertiary/aromatic N) is 1. The summed E-state index contributed by atoms with van der Waals surface area (Å²) in [6.45, 7) is 2.08. The van der Waals surface area contributed by atoms with Gasteiger partial charge in [-0.3, -0.25) is 4.98 Å². The maximum Gasteiger partial charge on any atom is 0.144 e. The van der Waals surface area contributed by atoms with Crippen molar-refractivity contribution in [2.24, 2.45) is 0 Å². The Bertz CT molecular complexity index is 1240. The smallest absolute Gasteiger partial charge is 0.144 e. The molecule has 5 aromatic rings. The second-order valence-electron chi connectivity index (χ2n) is 6.55. The zero-order valence-corrected chi connectivity index (χ0v) is 14.4. The summed E-state index contributed by atoms with van der Waals surface area (Å²) in [5, 5.41) is 2.26. The fourth-order valence-corrected chi connectivity index (χ4v) is 3.55. The molecule has 2 aromatic heterocycles. The molecule has 2 heteroatoms. The fourth-order valence-electron chi connectivity index (χ4n) is 3.55. The highest BCUT2D eigenvalue weighted by atomic mass is 16.3. The van der Waals surface area contributed by atoms with Crippen LogP contribution in [0.3, 0.4) is 0 Å². The van der Waals surface area contributed by atoms with Crippen LogP contribution in [0.1, 0.15) is 5.56 Å². The minimum Gasteiger partial charge on any atom is -0.455 e. The van der Waals surface area contributed by atoms with Crippen LogP contribution in [0.25, 0.3) is 44.3 Å². The topological polar surface area (TPSA) is 26.0 Å². The van der Waals surface area contributed by atoms with E-state index < -0.39 is 0 Å². The van der Waals surface area contributed by atoms with E-state index in [9.17, 15) is 0 Å². The molecule has 0 aliphatic carbocycles. The van der Waals surface area contributed by atoms with Gasteiger partial charge in [0.25, 0.3) is 0 Å². The van der Waals surface area contributed by atoms with Gasteiger partial charge in [-0.15, -0.1) is 0 Å². The molecule has 124 valence electrons. The van der Waals surface area contributed by atoms with Crippen LogP contribution >= 0.6 is 0 Å². The molecule has 3 aromatic carbocycles. The maximum absolute atomic E-state index is 6.42. The lowest BCUT2D eigenvalue weighted by atomic mass is 10.0. The molecular weight excluding hydrogens is 318 g/mol. The predicted molar refractivity (Wildman–Crippen MR) is 107 cm³/mol. The Morgan fingerprint density at radius 3 is 2.12 bits per heavy atom. The van der Waals surface area contributed by atoms with Gasteiger partial charge >= 0.3 is 0 Å². The maximum atomic E-state index is 6.42. The van der Waals surface area contributed by atoms with Crippen molar-refractivity contribution in [1.29, 1.82) is 0 Å². The molecule has 0 spiro atoms. The van der Waals surface area contributed by atoms with Crippen molar-refractivity contribution in [2.75, 3.05) is 0 Å². The quantitative estimate of drug-likeness (QED) is 0.362. The van der Waals surface area contributed by atoms with Crippen molar-refractivity contribution in [3.8, 4) is 22.4 Å². The van der Waals surface area contributed by atoms with Crippen molar-refractivity contribution >= 4 is 21.9 Å². The number of hydrogen-bond acceptors (Lipinski definition) is 2. The first-order valence-electron chi connectivity index (χ1n) is 8.74. The SMILES string of the molecule is Cc1ccnc(-c2cccc3c2oc2c(-c4ccccc4)cccc23)c1. The summed E-state index contributed by atoms with van der Waals surface area (Å²) in [5.74, 6) is 0. The summed E-state index contributed by atoms with van der Waals surface area (Å²) in [7, 11) is 0. The van der Waals surface area contributed by atoms with Gasteiger partial charge in [0.15, 0.2) is 0 Å². The van der Waals surface area contributed by atoms with Gasteiger partial charge in [-0.05, 0) is 36.2 Å². The lowest BCUT2D eigenvalue weighted by Gasteiger charge is -2.02. The third-order valence-corrected chi connectivity index (χ3v) is 4.80. The molecular formula is C24H17NO. The standard InChI is InChI=1S/C24H17NO/c1-16-13-14-25-22(15-16)21-12-6-11-20-19-10-5-9-18(23(19)26-24(20)21)17-7-3-2-4-8-17/h2-15H,1H3. The molecule has 0 saturated carbocycles. The molecule has 0 atom stereocenters. The van der Waals surface area contributed by atoms with Crippen LogP contribution in [-0.4, -0.2) is 4.98 Å². The zero-order valence-electron chi connectivity index (χ0n) is 14.4. The van der Waals surface area contributed by atoms with E-state index in [0.29, 0.717) is 0 Å². The van der Waals surface area contributed by atoms with Crippen LogP contribution in [0.4, 0.5) is 0 Å². The first kappa shape index (κ1) is 14.9. The van der Waals surface area contributed by atoms with Crippen molar-refractivity contribution in [2.45, 2.75) is 6.92 Å².